The number of hydrogen-bond acceptors (Lipinski definition) is 5. The molecule has 1 aromatic carbocycles. The van der Waals surface area contributed by atoms with E-state index in [0.717, 1.165) is 24.1 Å². The molecule has 5 atom stereocenters. The van der Waals surface area contributed by atoms with Crippen molar-refractivity contribution < 1.29 is 20.1 Å². The number of aromatic hydroxyl groups is 1. The first-order chi connectivity index (χ1) is 10.5. The highest BCUT2D eigenvalue weighted by Crippen LogP contribution is 2.62. The van der Waals surface area contributed by atoms with E-state index in [2.05, 4.69) is 4.90 Å². The molecule has 1 aromatic rings. The first kappa shape index (κ1) is 12.9. The number of hydrogen-bond donors (Lipinski definition) is 3. The van der Waals surface area contributed by atoms with Crippen molar-refractivity contribution in [2.24, 2.45) is 0 Å². The Bertz CT molecular complexity index is 717. The van der Waals surface area contributed by atoms with Crippen molar-refractivity contribution in [2.45, 2.75) is 42.1 Å². The first-order valence-corrected chi connectivity index (χ1v) is 7.80. The Morgan fingerprint density at radius 1 is 1.36 bits per heavy atom. The Kier molecular flexibility index (Phi) is 2.16. The molecule has 22 heavy (non-hydrogen) atoms. The van der Waals surface area contributed by atoms with Gasteiger partial charge in [-0.3, -0.25) is 4.90 Å². The lowest BCUT2D eigenvalue weighted by molar-refractivity contribution is -0.151. The number of phenolic OH excluding ortho intramolecular Hbond substituents is 1. The maximum absolute atomic E-state index is 11.6. The monoisotopic (exact) mass is 301 g/mol. The van der Waals surface area contributed by atoms with E-state index in [1.807, 2.05) is 7.05 Å². The van der Waals surface area contributed by atoms with Crippen LogP contribution in [0.15, 0.2) is 24.3 Å². The number of phenols is 1. The van der Waals surface area contributed by atoms with Gasteiger partial charge < -0.3 is 20.1 Å². The fourth-order valence-corrected chi connectivity index (χ4v) is 5.32. The van der Waals surface area contributed by atoms with Crippen molar-refractivity contribution in [3.63, 3.8) is 0 Å². The molecule has 2 bridgehead atoms. The van der Waals surface area contributed by atoms with Gasteiger partial charge in [0.05, 0.1) is 5.41 Å². The van der Waals surface area contributed by atoms with Crippen molar-refractivity contribution in [3.8, 4) is 11.5 Å². The average Bonchev–Trinajstić information content (AvgIpc) is 2.80. The summed E-state index contributed by atoms with van der Waals surface area (Å²) in [6, 6.07) is 3.32. The van der Waals surface area contributed by atoms with Crippen LogP contribution in [0.4, 0.5) is 0 Å². The van der Waals surface area contributed by atoms with E-state index in [1.165, 1.54) is 0 Å². The number of aliphatic hydroxyl groups excluding tert-OH is 1. The number of likely N-dealkylation sites (N-methyl/N-ethyl adjacent to an activating group) is 1. The maximum Gasteiger partial charge on any atom is 0.141 e. The van der Waals surface area contributed by atoms with Crippen molar-refractivity contribution in [3.05, 3.63) is 35.4 Å². The molecule has 4 aliphatic rings. The number of piperidine rings is 1. The SMILES string of the molecule is CN1CC[C@]23c4c5cc(O)cc4O[C@H]2[C@@H](O)C=C[C@@]3(O)[C@H]1C5. The van der Waals surface area contributed by atoms with Gasteiger partial charge in [-0.05, 0) is 38.1 Å². The summed E-state index contributed by atoms with van der Waals surface area (Å²) in [6.07, 6.45) is 3.60. The molecule has 0 saturated carbocycles. The fourth-order valence-electron chi connectivity index (χ4n) is 5.32. The van der Waals surface area contributed by atoms with Gasteiger partial charge in [-0.1, -0.05) is 12.2 Å². The zero-order valence-corrected chi connectivity index (χ0v) is 12.4. The second kappa shape index (κ2) is 3.67. The van der Waals surface area contributed by atoms with Crippen LogP contribution in [0, 0.1) is 0 Å². The molecule has 3 N–H and O–H groups in total. The van der Waals surface area contributed by atoms with Crippen molar-refractivity contribution >= 4 is 0 Å². The minimum absolute atomic E-state index is 0.0728. The maximum atomic E-state index is 11.6. The molecular formula is C17H19NO4. The van der Waals surface area contributed by atoms with Gasteiger partial charge in [-0.15, -0.1) is 0 Å². The van der Waals surface area contributed by atoms with E-state index in [9.17, 15) is 15.3 Å². The molecule has 2 aliphatic heterocycles. The highest BCUT2D eigenvalue weighted by Gasteiger charge is 2.71. The second-order valence-electron chi connectivity index (χ2n) is 7.11. The smallest absolute Gasteiger partial charge is 0.141 e. The van der Waals surface area contributed by atoms with Crippen LogP contribution in [0.5, 0.6) is 11.5 Å². The zero-order chi connectivity index (χ0) is 15.3. The summed E-state index contributed by atoms with van der Waals surface area (Å²) in [5.74, 6) is 0.793. The fraction of sp³-hybridized carbons (Fsp3) is 0.529. The molecule has 5 heteroatoms. The Balaban J connectivity index is 1.88. The van der Waals surface area contributed by atoms with E-state index < -0.39 is 23.2 Å². The molecule has 0 amide bonds. The summed E-state index contributed by atoms with van der Waals surface area (Å²) in [4.78, 5) is 2.18. The molecule has 5 rings (SSSR count). The Labute approximate surface area is 128 Å². The highest BCUT2D eigenvalue weighted by molar-refractivity contribution is 5.61. The molecule has 0 radical (unpaired) electrons. The number of ether oxygens (including phenoxy) is 1. The topological polar surface area (TPSA) is 73.2 Å². The highest BCUT2D eigenvalue weighted by atomic mass is 16.5. The predicted molar refractivity (Wildman–Crippen MR) is 79.0 cm³/mol. The van der Waals surface area contributed by atoms with Crippen molar-refractivity contribution in [1.29, 1.82) is 0 Å². The minimum atomic E-state index is -1.04. The summed E-state index contributed by atoms with van der Waals surface area (Å²) < 4.78 is 6.03. The van der Waals surface area contributed by atoms with Crippen molar-refractivity contribution in [1.82, 2.24) is 4.90 Å². The largest absolute Gasteiger partial charge is 0.508 e. The van der Waals surface area contributed by atoms with E-state index >= 15 is 0 Å². The summed E-state index contributed by atoms with van der Waals surface area (Å²) in [5.41, 5.74) is 0.362. The molecular weight excluding hydrogens is 282 g/mol. The van der Waals surface area contributed by atoms with E-state index in [-0.39, 0.29) is 11.8 Å². The third-order valence-corrected chi connectivity index (χ3v) is 6.24. The van der Waals surface area contributed by atoms with Crippen LogP contribution in [0.25, 0.3) is 0 Å². The van der Waals surface area contributed by atoms with Gasteiger partial charge >= 0.3 is 0 Å². The number of aliphatic hydroxyl groups is 2. The van der Waals surface area contributed by atoms with Gasteiger partial charge in [0.15, 0.2) is 0 Å². The van der Waals surface area contributed by atoms with Crippen LogP contribution < -0.4 is 4.74 Å². The number of nitrogens with zero attached hydrogens (tertiary/aromatic N) is 1. The summed E-state index contributed by atoms with van der Waals surface area (Å²) in [7, 11) is 2.02. The zero-order valence-electron chi connectivity index (χ0n) is 12.4. The first-order valence-electron chi connectivity index (χ1n) is 7.80. The molecule has 1 saturated heterocycles. The Hall–Kier alpha value is -1.56. The molecule has 5 nitrogen and oxygen atoms in total. The molecule has 116 valence electrons. The second-order valence-corrected chi connectivity index (χ2v) is 7.11. The third-order valence-electron chi connectivity index (χ3n) is 6.24. The van der Waals surface area contributed by atoms with Crippen molar-refractivity contribution in [2.75, 3.05) is 13.6 Å². The lowest BCUT2D eigenvalue weighted by Gasteiger charge is -2.61. The van der Waals surface area contributed by atoms with Gasteiger partial charge in [-0.2, -0.15) is 0 Å². The molecule has 2 aliphatic carbocycles. The summed E-state index contributed by atoms with van der Waals surface area (Å²) in [5, 5.41) is 32.0. The van der Waals surface area contributed by atoms with E-state index in [0.29, 0.717) is 12.2 Å². The van der Waals surface area contributed by atoms with Crippen LogP contribution in [-0.2, 0) is 11.8 Å². The van der Waals surface area contributed by atoms with E-state index in [1.54, 1.807) is 24.3 Å². The summed E-state index contributed by atoms with van der Waals surface area (Å²) in [6.45, 7) is 0.854. The van der Waals surface area contributed by atoms with E-state index in [4.69, 9.17) is 4.74 Å². The lowest BCUT2D eigenvalue weighted by Crippen LogP contribution is -2.75. The lowest BCUT2D eigenvalue weighted by atomic mass is 9.50. The molecule has 0 aromatic heterocycles. The average molecular weight is 301 g/mol. The summed E-state index contributed by atoms with van der Waals surface area (Å²) >= 11 is 0. The van der Waals surface area contributed by atoms with Crippen LogP contribution in [0.2, 0.25) is 0 Å². The third kappa shape index (κ3) is 1.16. The predicted octanol–water partition coefficient (Wildman–Crippen LogP) is 0.313. The molecule has 1 spiro atoms. The Morgan fingerprint density at radius 3 is 3.00 bits per heavy atom. The van der Waals surface area contributed by atoms with Crippen LogP contribution in [0.1, 0.15) is 17.5 Å². The van der Waals surface area contributed by atoms with Gasteiger partial charge in [0.25, 0.3) is 0 Å². The van der Waals surface area contributed by atoms with Gasteiger partial charge in [-0.25, -0.2) is 0 Å². The van der Waals surface area contributed by atoms with Gasteiger partial charge in [0, 0.05) is 17.7 Å². The van der Waals surface area contributed by atoms with Crippen LogP contribution >= 0.6 is 0 Å². The number of rotatable bonds is 0. The standard InChI is InChI=1S/C17H19NO4/c1-18-5-4-16-14-9-6-10(19)8-12(14)22-15(16)11(20)2-3-17(16,21)13(18)7-9/h2-3,6,8,11,13,15,19-21H,4-5,7H2,1H3/t11-,13+,15-,16-,17+/m0/s1. The normalized spacial score (nSPS) is 44.6. The van der Waals surface area contributed by atoms with Crippen LogP contribution in [0.3, 0.4) is 0 Å². The number of likely N-dealkylation sites (tertiary alicyclic amines) is 1. The minimum Gasteiger partial charge on any atom is -0.508 e. The number of benzene rings is 1. The molecule has 2 heterocycles. The van der Waals surface area contributed by atoms with Gasteiger partial charge in [0.1, 0.15) is 29.3 Å². The molecule has 1 fully saturated rings. The van der Waals surface area contributed by atoms with Gasteiger partial charge in [0.2, 0.25) is 0 Å². The Morgan fingerprint density at radius 2 is 2.18 bits per heavy atom. The van der Waals surface area contributed by atoms with Crippen LogP contribution in [-0.4, -0.2) is 57.7 Å². The quantitative estimate of drug-likeness (QED) is 0.602. The molecule has 0 unspecified atom stereocenters.